The van der Waals surface area contributed by atoms with Gasteiger partial charge in [-0.2, -0.15) is 0 Å². The number of amides is 1. The summed E-state index contributed by atoms with van der Waals surface area (Å²) in [5.41, 5.74) is -0.186. The molecule has 1 aliphatic carbocycles. The smallest absolute Gasteiger partial charge is 0.306 e. The summed E-state index contributed by atoms with van der Waals surface area (Å²) >= 11 is 0. The van der Waals surface area contributed by atoms with Crippen molar-refractivity contribution < 1.29 is 27.9 Å². The van der Waals surface area contributed by atoms with Crippen LogP contribution in [-0.2, 0) is 9.59 Å². The Kier molecular flexibility index (Phi) is 4.50. The molecule has 1 aliphatic rings. The highest BCUT2D eigenvalue weighted by Crippen LogP contribution is 2.30. The van der Waals surface area contributed by atoms with Gasteiger partial charge in [0, 0.05) is 23.7 Å². The van der Waals surface area contributed by atoms with Gasteiger partial charge in [0.25, 0.3) is 0 Å². The van der Waals surface area contributed by atoms with E-state index in [-0.39, 0.29) is 12.1 Å². The molecule has 1 saturated carbocycles. The topological polar surface area (TPSA) is 66.4 Å². The number of nitrogens with one attached hydrogen (secondary N) is 1. The summed E-state index contributed by atoms with van der Waals surface area (Å²) in [5.74, 6) is -6.96. The standard InChI is InChI=1S/C14H14F3NO3/c15-10-5-9(6-11(16)12(10)17)18-13(19)7-2-1-3-8(4-7)14(20)21/h5-8H,1-4H2,(H,18,19)(H,20,21). The van der Waals surface area contributed by atoms with Crippen molar-refractivity contribution in [3.8, 4) is 0 Å². The number of carbonyl (C=O) groups excluding carboxylic acids is 1. The van der Waals surface area contributed by atoms with Crippen molar-refractivity contribution in [3.63, 3.8) is 0 Å². The predicted octanol–water partition coefficient (Wildman–Crippen LogP) is 2.93. The molecule has 2 N–H and O–H groups in total. The van der Waals surface area contributed by atoms with Gasteiger partial charge in [0.2, 0.25) is 5.91 Å². The second-order valence-electron chi connectivity index (χ2n) is 5.14. The van der Waals surface area contributed by atoms with E-state index in [0.717, 1.165) is 0 Å². The lowest BCUT2D eigenvalue weighted by molar-refractivity contribution is -0.143. The molecule has 0 saturated heterocycles. The van der Waals surface area contributed by atoms with Crippen LogP contribution in [0, 0.1) is 29.3 Å². The fourth-order valence-electron chi connectivity index (χ4n) is 2.52. The summed E-state index contributed by atoms with van der Waals surface area (Å²) in [7, 11) is 0. The minimum atomic E-state index is -1.60. The van der Waals surface area contributed by atoms with Crippen molar-refractivity contribution in [2.45, 2.75) is 25.7 Å². The van der Waals surface area contributed by atoms with E-state index < -0.39 is 41.2 Å². The summed E-state index contributed by atoms with van der Waals surface area (Å²) < 4.78 is 38.9. The lowest BCUT2D eigenvalue weighted by Gasteiger charge is -2.25. The number of benzene rings is 1. The minimum absolute atomic E-state index is 0.186. The zero-order valence-electron chi connectivity index (χ0n) is 11.0. The highest BCUT2D eigenvalue weighted by Gasteiger charge is 2.31. The molecule has 1 aromatic rings. The van der Waals surface area contributed by atoms with Gasteiger partial charge in [0.1, 0.15) is 0 Å². The van der Waals surface area contributed by atoms with Crippen molar-refractivity contribution in [1.29, 1.82) is 0 Å². The molecule has 114 valence electrons. The van der Waals surface area contributed by atoms with E-state index >= 15 is 0 Å². The van der Waals surface area contributed by atoms with Gasteiger partial charge < -0.3 is 10.4 Å². The second kappa shape index (κ2) is 6.15. The van der Waals surface area contributed by atoms with Gasteiger partial charge in [-0.05, 0) is 19.3 Å². The Balaban J connectivity index is 2.06. The Labute approximate surface area is 119 Å². The van der Waals surface area contributed by atoms with Gasteiger partial charge in [-0.25, -0.2) is 13.2 Å². The molecule has 2 atom stereocenters. The molecule has 0 bridgehead atoms. The molecule has 0 heterocycles. The zero-order chi connectivity index (χ0) is 15.6. The molecular weight excluding hydrogens is 287 g/mol. The molecule has 1 fully saturated rings. The third kappa shape index (κ3) is 3.53. The maximum absolute atomic E-state index is 13.1. The summed E-state index contributed by atoms with van der Waals surface area (Å²) in [6.45, 7) is 0. The molecule has 1 aromatic carbocycles. The van der Waals surface area contributed by atoms with Crippen LogP contribution in [0.1, 0.15) is 25.7 Å². The third-order valence-corrected chi connectivity index (χ3v) is 3.65. The van der Waals surface area contributed by atoms with Crippen molar-refractivity contribution in [2.24, 2.45) is 11.8 Å². The number of anilines is 1. The number of hydrogen-bond donors (Lipinski definition) is 2. The lowest BCUT2D eigenvalue weighted by atomic mass is 9.81. The fraction of sp³-hybridized carbons (Fsp3) is 0.429. The molecule has 7 heteroatoms. The number of carboxylic acids is 1. The second-order valence-corrected chi connectivity index (χ2v) is 5.14. The quantitative estimate of drug-likeness (QED) is 0.844. The molecule has 0 spiro atoms. The zero-order valence-corrected chi connectivity index (χ0v) is 11.0. The Hall–Kier alpha value is -2.05. The first-order valence-corrected chi connectivity index (χ1v) is 6.56. The van der Waals surface area contributed by atoms with E-state index in [1.807, 2.05) is 0 Å². The number of carboxylic acid groups (broad SMARTS) is 1. The normalized spacial score (nSPS) is 21.9. The predicted molar refractivity (Wildman–Crippen MR) is 68.0 cm³/mol. The van der Waals surface area contributed by atoms with Gasteiger partial charge in [-0.3, -0.25) is 9.59 Å². The van der Waals surface area contributed by atoms with E-state index in [9.17, 15) is 22.8 Å². The van der Waals surface area contributed by atoms with E-state index in [2.05, 4.69) is 5.32 Å². The average molecular weight is 301 g/mol. The Morgan fingerprint density at radius 3 is 2.24 bits per heavy atom. The number of carbonyl (C=O) groups is 2. The van der Waals surface area contributed by atoms with Gasteiger partial charge in [0.15, 0.2) is 17.5 Å². The molecule has 4 nitrogen and oxygen atoms in total. The number of aliphatic carboxylic acids is 1. The number of hydrogen-bond acceptors (Lipinski definition) is 2. The maximum atomic E-state index is 13.1. The van der Waals surface area contributed by atoms with Crippen LogP contribution in [0.2, 0.25) is 0 Å². The molecule has 2 unspecified atom stereocenters. The van der Waals surface area contributed by atoms with Crippen molar-refractivity contribution in [2.75, 3.05) is 5.32 Å². The Morgan fingerprint density at radius 2 is 1.67 bits per heavy atom. The monoisotopic (exact) mass is 301 g/mol. The molecule has 2 rings (SSSR count). The Bertz CT molecular complexity index is 554. The van der Waals surface area contributed by atoms with Crippen molar-refractivity contribution >= 4 is 17.6 Å². The minimum Gasteiger partial charge on any atom is -0.481 e. The third-order valence-electron chi connectivity index (χ3n) is 3.65. The van der Waals surface area contributed by atoms with E-state index in [0.29, 0.717) is 31.4 Å². The van der Waals surface area contributed by atoms with Gasteiger partial charge in [-0.1, -0.05) is 6.42 Å². The van der Waals surface area contributed by atoms with E-state index in [4.69, 9.17) is 5.11 Å². The molecule has 0 aromatic heterocycles. The summed E-state index contributed by atoms with van der Waals surface area (Å²) in [6.07, 6.45) is 1.81. The highest BCUT2D eigenvalue weighted by molar-refractivity contribution is 5.93. The highest BCUT2D eigenvalue weighted by atomic mass is 19.2. The maximum Gasteiger partial charge on any atom is 0.306 e. The van der Waals surface area contributed by atoms with Crippen LogP contribution >= 0.6 is 0 Å². The summed E-state index contributed by atoms with van der Waals surface area (Å²) in [6, 6.07) is 1.38. The first-order chi connectivity index (χ1) is 9.88. The van der Waals surface area contributed by atoms with Crippen LogP contribution in [0.5, 0.6) is 0 Å². The largest absolute Gasteiger partial charge is 0.481 e. The molecule has 0 radical (unpaired) electrons. The molecule has 1 amide bonds. The SMILES string of the molecule is O=C(O)C1CCCC(C(=O)Nc2cc(F)c(F)c(F)c2)C1. The van der Waals surface area contributed by atoms with Gasteiger partial charge in [-0.15, -0.1) is 0 Å². The Morgan fingerprint density at radius 1 is 1.10 bits per heavy atom. The molecular formula is C14H14F3NO3. The van der Waals surface area contributed by atoms with Gasteiger partial charge in [0.05, 0.1) is 5.92 Å². The fourth-order valence-corrected chi connectivity index (χ4v) is 2.52. The van der Waals surface area contributed by atoms with Gasteiger partial charge >= 0.3 is 5.97 Å². The molecule has 21 heavy (non-hydrogen) atoms. The van der Waals surface area contributed by atoms with Crippen LogP contribution in [0.3, 0.4) is 0 Å². The van der Waals surface area contributed by atoms with Crippen LogP contribution in [0.25, 0.3) is 0 Å². The van der Waals surface area contributed by atoms with Crippen LogP contribution in [0.15, 0.2) is 12.1 Å². The van der Waals surface area contributed by atoms with Crippen LogP contribution < -0.4 is 5.32 Å². The van der Waals surface area contributed by atoms with Crippen molar-refractivity contribution in [3.05, 3.63) is 29.6 Å². The van der Waals surface area contributed by atoms with Crippen molar-refractivity contribution in [1.82, 2.24) is 0 Å². The van der Waals surface area contributed by atoms with E-state index in [1.54, 1.807) is 0 Å². The summed E-state index contributed by atoms with van der Waals surface area (Å²) in [5, 5.41) is 11.3. The number of rotatable bonds is 3. The first-order valence-electron chi connectivity index (χ1n) is 6.56. The average Bonchev–Trinajstić information content (AvgIpc) is 2.44. The summed E-state index contributed by atoms with van der Waals surface area (Å²) in [4.78, 5) is 22.9. The first kappa shape index (κ1) is 15.3. The van der Waals surface area contributed by atoms with Crippen LogP contribution in [-0.4, -0.2) is 17.0 Å². The number of halogens is 3. The van der Waals surface area contributed by atoms with E-state index in [1.165, 1.54) is 0 Å². The van der Waals surface area contributed by atoms with Crippen LogP contribution in [0.4, 0.5) is 18.9 Å². The lowest BCUT2D eigenvalue weighted by Crippen LogP contribution is -2.31. The molecule has 0 aliphatic heterocycles.